The smallest absolute Gasteiger partial charge is 0.354 e. The van der Waals surface area contributed by atoms with Crippen molar-refractivity contribution in [3.63, 3.8) is 0 Å². The van der Waals surface area contributed by atoms with E-state index in [1.807, 2.05) is 13.8 Å². The van der Waals surface area contributed by atoms with E-state index >= 15 is 0 Å². The molecule has 0 aliphatic rings. The lowest BCUT2D eigenvalue weighted by molar-refractivity contribution is -0.141. The number of rotatable bonds is 12. The van der Waals surface area contributed by atoms with Crippen molar-refractivity contribution in [1.82, 2.24) is 0 Å². The lowest BCUT2D eigenvalue weighted by Gasteiger charge is -2.24. The van der Waals surface area contributed by atoms with Gasteiger partial charge in [0.25, 0.3) is 5.40 Å². The van der Waals surface area contributed by atoms with Crippen molar-refractivity contribution in [1.29, 1.82) is 0 Å². The van der Waals surface area contributed by atoms with Crippen molar-refractivity contribution in [2.45, 2.75) is 51.9 Å². The highest BCUT2D eigenvalue weighted by molar-refractivity contribution is 7.73. The average molecular weight is 360 g/mol. The summed E-state index contributed by atoms with van der Waals surface area (Å²) in [7, 11) is -9.40. The number of hydrogen-bond acceptors (Lipinski definition) is 6. The third kappa shape index (κ3) is 7.36. The second-order valence-electron chi connectivity index (χ2n) is 4.63. The summed E-state index contributed by atoms with van der Waals surface area (Å²) in [5, 5.41) is -2.24. The molecule has 0 fully saturated rings. The highest BCUT2D eigenvalue weighted by atomic mass is 31.2. The molecule has 0 radical (unpaired) electrons. The van der Waals surface area contributed by atoms with Crippen LogP contribution >= 0.6 is 15.2 Å². The molecule has 0 rings (SSSR count). The molecule has 0 bridgehead atoms. The zero-order valence-corrected chi connectivity index (χ0v) is 15.1. The van der Waals surface area contributed by atoms with Crippen LogP contribution in [0.1, 0.15) is 46.5 Å². The predicted octanol–water partition coefficient (Wildman–Crippen LogP) is 2.88. The second-order valence-corrected chi connectivity index (χ2v) is 8.84. The third-order valence-electron chi connectivity index (χ3n) is 2.66. The van der Waals surface area contributed by atoms with Crippen molar-refractivity contribution in [2.75, 3.05) is 19.8 Å². The molecule has 2 atom stereocenters. The van der Waals surface area contributed by atoms with Gasteiger partial charge in [0.2, 0.25) is 0 Å². The summed E-state index contributed by atoms with van der Waals surface area (Å²) in [5.41, 5.74) is 0. The molecule has 8 nitrogen and oxygen atoms in total. The van der Waals surface area contributed by atoms with Gasteiger partial charge in [-0.1, -0.05) is 26.7 Å². The standard InChI is InChI=1S/C12H26O8P2/c1-4-7-9-19-21(14,15)12(11(13)18-6-3)22(16,17)20-10-8-5-2/h12H,4-10H2,1-3H3,(H,14,15)(H,16,17). The quantitative estimate of drug-likeness (QED) is 0.310. The van der Waals surface area contributed by atoms with E-state index in [-0.39, 0.29) is 19.8 Å². The first-order chi connectivity index (χ1) is 10.2. The average Bonchev–Trinajstić information content (AvgIpc) is 2.38. The maximum Gasteiger partial charge on any atom is 0.354 e. The molecule has 0 saturated carbocycles. The monoisotopic (exact) mass is 360 g/mol. The zero-order chi connectivity index (χ0) is 17.2. The van der Waals surface area contributed by atoms with E-state index in [1.165, 1.54) is 6.92 Å². The first-order valence-corrected chi connectivity index (χ1v) is 10.6. The van der Waals surface area contributed by atoms with Crippen molar-refractivity contribution in [3.8, 4) is 0 Å². The summed E-state index contributed by atoms with van der Waals surface area (Å²) in [5.74, 6) is -1.27. The minimum absolute atomic E-state index is 0.0980. The van der Waals surface area contributed by atoms with E-state index in [9.17, 15) is 23.7 Å². The van der Waals surface area contributed by atoms with Gasteiger partial charge < -0.3 is 23.6 Å². The van der Waals surface area contributed by atoms with Crippen LogP contribution in [-0.2, 0) is 27.7 Å². The van der Waals surface area contributed by atoms with E-state index < -0.39 is 26.6 Å². The highest BCUT2D eigenvalue weighted by Crippen LogP contribution is 2.65. The number of carbonyl (C=O) groups excluding carboxylic acids is 1. The summed E-state index contributed by atoms with van der Waals surface area (Å²) in [6.45, 7) is 4.87. The van der Waals surface area contributed by atoms with Gasteiger partial charge in [-0.25, -0.2) is 0 Å². The second kappa shape index (κ2) is 10.5. The first kappa shape index (κ1) is 21.8. The summed E-state index contributed by atoms with van der Waals surface area (Å²) in [4.78, 5) is 31.7. The maximum absolute atomic E-state index is 12.2. The molecule has 0 aliphatic heterocycles. The van der Waals surface area contributed by atoms with Crippen LogP contribution in [-0.4, -0.2) is 41.0 Å². The van der Waals surface area contributed by atoms with E-state index in [4.69, 9.17) is 9.05 Å². The Morgan fingerprint density at radius 1 is 0.955 bits per heavy atom. The van der Waals surface area contributed by atoms with Crippen LogP contribution in [0.15, 0.2) is 0 Å². The van der Waals surface area contributed by atoms with Crippen molar-refractivity contribution in [3.05, 3.63) is 0 Å². The predicted molar refractivity (Wildman–Crippen MR) is 81.8 cm³/mol. The topological polar surface area (TPSA) is 119 Å². The summed E-state index contributed by atoms with van der Waals surface area (Å²) in [6.07, 6.45) is 2.36. The minimum atomic E-state index is -4.70. The van der Waals surface area contributed by atoms with E-state index in [0.29, 0.717) is 25.7 Å². The first-order valence-electron chi connectivity index (χ1n) is 7.33. The maximum atomic E-state index is 12.2. The molecule has 10 heteroatoms. The largest absolute Gasteiger partial charge is 0.465 e. The van der Waals surface area contributed by atoms with Crippen LogP contribution in [0.4, 0.5) is 0 Å². The lowest BCUT2D eigenvalue weighted by Crippen LogP contribution is -2.26. The Balaban J connectivity index is 5.21. The van der Waals surface area contributed by atoms with Crippen molar-refractivity contribution >= 4 is 21.2 Å². The number of carbonyl (C=O) groups is 1. The van der Waals surface area contributed by atoms with Gasteiger partial charge in [-0.2, -0.15) is 0 Å². The third-order valence-corrected chi connectivity index (χ3v) is 7.18. The van der Waals surface area contributed by atoms with Crippen LogP contribution in [0.25, 0.3) is 0 Å². The Morgan fingerprint density at radius 3 is 1.68 bits per heavy atom. The molecule has 2 unspecified atom stereocenters. The van der Waals surface area contributed by atoms with Crippen LogP contribution < -0.4 is 0 Å². The fraction of sp³-hybridized carbons (Fsp3) is 0.917. The summed E-state index contributed by atoms with van der Waals surface area (Å²) in [6, 6.07) is 0. The molecule has 0 saturated heterocycles. The number of ether oxygens (including phenoxy) is 1. The summed E-state index contributed by atoms with van der Waals surface area (Å²) >= 11 is 0. The molecule has 2 N–H and O–H groups in total. The Kier molecular flexibility index (Phi) is 10.4. The normalized spacial score (nSPS) is 18.2. The highest BCUT2D eigenvalue weighted by Gasteiger charge is 2.53. The van der Waals surface area contributed by atoms with Gasteiger partial charge in [0.1, 0.15) is 0 Å². The van der Waals surface area contributed by atoms with Crippen molar-refractivity contribution < 1.29 is 37.5 Å². The van der Waals surface area contributed by atoms with Gasteiger partial charge in [-0.15, -0.1) is 0 Å². The molecule has 0 amide bonds. The molecule has 0 spiro atoms. The lowest BCUT2D eigenvalue weighted by atomic mass is 10.4. The van der Waals surface area contributed by atoms with Gasteiger partial charge in [0, 0.05) is 0 Å². The Hall–Kier alpha value is -0.230. The molecule has 0 aromatic rings. The van der Waals surface area contributed by atoms with E-state index in [0.717, 1.165) is 0 Å². The van der Waals surface area contributed by atoms with Gasteiger partial charge in [0.05, 0.1) is 19.8 Å². The van der Waals surface area contributed by atoms with Gasteiger partial charge >= 0.3 is 21.2 Å². The summed E-state index contributed by atoms with van der Waals surface area (Å²) < 4.78 is 38.6. The number of hydrogen-bond donors (Lipinski definition) is 2. The molecule has 22 heavy (non-hydrogen) atoms. The van der Waals surface area contributed by atoms with Gasteiger partial charge in [-0.05, 0) is 19.8 Å². The molecule has 0 aromatic heterocycles. The molecule has 132 valence electrons. The molecular formula is C12H26O8P2. The zero-order valence-electron chi connectivity index (χ0n) is 13.3. The van der Waals surface area contributed by atoms with Crippen LogP contribution in [0.3, 0.4) is 0 Å². The minimum Gasteiger partial charge on any atom is -0.465 e. The molecule has 0 heterocycles. The SMILES string of the molecule is CCCCOP(=O)(O)C(C(=O)OCC)P(=O)(O)OCCCC. The van der Waals surface area contributed by atoms with Crippen LogP contribution in [0.2, 0.25) is 0 Å². The van der Waals surface area contributed by atoms with E-state index in [1.54, 1.807) is 0 Å². The van der Waals surface area contributed by atoms with E-state index in [2.05, 4.69) is 4.74 Å². The molecular weight excluding hydrogens is 334 g/mol. The molecule has 0 aromatic carbocycles. The van der Waals surface area contributed by atoms with Crippen molar-refractivity contribution in [2.24, 2.45) is 0 Å². The Labute approximate surface area is 131 Å². The number of unbranched alkanes of at least 4 members (excludes halogenated alkanes) is 2. The Bertz CT molecular complexity index is 395. The van der Waals surface area contributed by atoms with Crippen LogP contribution in [0.5, 0.6) is 0 Å². The number of esters is 1. The van der Waals surface area contributed by atoms with Gasteiger partial charge in [-0.3, -0.25) is 13.9 Å². The fourth-order valence-electron chi connectivity index (χ4n) is 1.49. The van der Waals surface area contributed by atoms with Crippen LogP contribution in [0, 0.1) is 0 Å². The van der Waals surface area contributed by atoms with Gasteiger partial charge in [0.15, 0.2) is 0 Å². The Morgan fingerprint density at radius 2 is 1.36 bits per heavy atom. The fourth-order valence-corrected chi connectivity index (χ4v) is 5.11. The molecule has 0 aliphatic carbocycles.